The molecule has 3 aromatic heterocycles. The van der Waals surface area contributed by atoms with Gasteiger partial charge in [-0.15, -0.1) is 0 Å². The molecule has 0 aliphatic carbocycles. The van der Waals surface area contributed by atoms with E-state index in [1.54, 1.807) is 10.9 Å². The number of carbonyl (C=O) groups excluding carboxylic acids is 1. The van der Waals surface area contributed by atoms with Gasteiger partial charge in [0.1, 0.15) is 17.0 Å². The highest BCUT2D eigenvalue weighted by atomic mass is 19.1. The molecule has 1 amide bonds. The zero-order chi connectivity index (χ0) is 22.9. The van der Waals surface area contributed by atoms with Crippen molar-refractivity contribution in [2.75, 3.05) is 6.54 Å². The fourth-order valence-corrected chi connectivity index (χ4v) is 3.41. The zero-order valence-corrected chi connectivity index (χ0v) is 17.9. The lowest BCUT2D eigenvalue weighted by Crippen LogP contribution is -2.44. The maximum absolute atomic E-state index is 14.0. The lowest BCUT2D eigenvalue weighted by atomic mass is 9.96. The summed E-state index contributed by atoms with van der Waals surface area (Å²) in [7, 11) is 0. The van der Waals surface area contributed by atoms with E-state index >= 15 is 0 Å². The van der Waals surface area contributed by atoms with Gasteiger partial charge in [-0.05, 0) is 50.6 Å². The molecule has 164 valence electrons. The number of nitrogens with one attached hydrogen (secondary N) is 1. The molecule has 0 bridgehead atoms. The van der Waals surface area contributed by atoms with E-state index in [-0.39, 0.29) is 23.7 Å². The molecule has 0 spiro atoms. The SMILES string of the molecule is Cc1cnn(C(C)(CNC(=O)c2cnn(-c3ccc(F)cc3F)c2)c2cccc(C)n2)c1. The Morgan fingerprint density at radius 3 is 2.59 bits per heavy atom. The Balaban J connectivity index is 1.58. The van der Waals surface area contributed by atoms with Crippen LogP contribution in [0.25, 0.3) is 5.69 Å². The average molecular weight is 436 g/mol. The summed E-state index contributed by atoms with van der Waals surface area (Å²) < 4.78 is 30.2. The average Bonchev–Trinajstić information content (AvgIpc) is 3.41. The number of benzene rings is 1. The number of carbonyl (C=O) groups is 1. The topological polar surface area (TPSA) is 77.6 Å². The molecule has 1 N–H and O–H groups in total. The van der Waals surface area contributed by atoms with Gasteiger partial charge in [0.25, 0.3) is 5.91 Å². The summed E-state index contributed by atoms with van der Waals surface area (Å²) in [6.07, 6.45) is 6.37. The second kappa shape index (κ2) is 8.33. The summed E-state index contributed by atoms with van der Waals surface area (Å²) >= 11 is 0. The molecule has 4 aromatic rings. The van der Waals surface area contributed by atoms with Crippen molar-refractivity contribution >= 4 is 5.91 Å². The number of hydrogen-bond acceptors (Lipinski definition) is 4. The summed E-state index contributed by atoms with van der Waals surface area (Å²) in [4.78, 5) is 17.5. The fraction of sp³-hybridized carbons (Fsp3) is 0.217. The van der Waals surface area contributed by atoms with E-state index in [1.165, 1.54) is 23.1 Å². The third kappa shape index (κ3) is 4.14. The minimum Gasteiger partial charge on any atom is -0.349 e. The largest absolute Gasteiger partial charge is 0.349 e. The lowest BCUT2D eigenvalue weighted by molar-refractivity contribution is 0.0938. The fourth-order valence-electron chi connectivity index (χ4n) is 3.41. The smallest absolute Gasteiger partial charge is 0.254 e. The van der Waals surface area contributed by atoms with E-state index in [0.717, 1.165) is 29.1 Å². The first kappa shape index (κ1) is 21.4. The Labute approximate surface area is 183 Å². The highest BCUT2D eigenvalue weighted by Crippen LogP contribution is 2.24. The van der Waals surface area contributed by atoms with E-state index in [1.807, 2.05) is 45.2 Å². The molecule has 9 heteroatoms. The summed E-state index contributed by atoms with van der Waals surface area (Å²) in [6, 6.07) is 8.87. The first-order valence-corrected chi connectivity index (χ1v) is 10.0. The Morgan fingerprint density at radius 1 is 1.09 bits per heavy atom. The predicted molar refractivity (Wildman–Crippen MR) is 115 cm³/mol. The van der Waals surface area contributed by atoms with Gasteiger partial charge < -0.3 is 5.32 Å². The van der Waals surface area contributed by atoms with Crippen LogP contribution in [0.2, 0.25) is 0 Å². The summed E-state index contributed by atoms with van der Waals surface area (Å²) in [5.41, 5.74) is 2.14. The Morgan fingerprint density at radius 2 is 1.91 bits per heavy atom. The van der Waals surface area contributed by atoms with E-state index in [4.69, 9.17) is 0 Å². The molecule has 32 heavy (non-hydrogen) atoms. The molecule has 0 radical (unpaired) electrons. The van der Waals surface area contributed by atoms with Crippen LogP contribution in [0.5, 0.6) is 0 Å². The molecule has 0 saturated carbocycles. The van der Waals surface area contributed by atoms with Crippen molar-refractivity contribution in [3.05, 3.63) is 95.3 Å². The summed E-state index contributed by atoms with van der Waals surface area (Å²) in [6.45, 7) is 5.99. The standard InChI is InChI=1S/C23H22F2N6O/c1-15-10-28-31(12-15)23(3,21-6-4-5-16(2)29-21)14-26-22(32)17-11-27-30(13-17)20-8-7-18(24)9-19(20)25/h4-13H,14H2,1-3H3,(H,26,32). The molecule has 1 atom stereocenters. The molecule has 0 saturated heterocycles. The number of amides is 1. The molecule has 1 unspecified atom stereocenters. The maximum Gasteiger partial charge on any atom is 0.254 e. The Bertz CT molecular complexity index is 1280. The van der Waals surface area contributed by atoms with Gasteiger partial charge >= 0.3 is 0 Å². The molecule has 1 aromatic carbocycles. The van der Waals surface area contributed by atoms with Crippen molar-refractivity contribution in [3.8, 4) is 5.69 Å². The van der Waals surface area contributed by atoms with Gasteiger partial charge in [0.2, 0.25) is 0 Å². The minimum atomic E-state index is -0.771. The van der Waals surface area contributed by atoms with E-state index < -0.39 is 17.2 Å². The second-order valence-corrected chi connectivity index (χ2v) is 7.85. The predicted octanol–water partition coefficient (Wildman–Crippen LogP) is 3.55. The van der Waals surface area contributed by atoms with Crippen molar-refractivity contribution in [1.29, 1.82) is 0 Å². The zero-order valence-electron chi connectivity index (χ0n) is 17.9. The van der Waals surface area contributed by atoms with Crippen LogP contribution < -0.4 is 5.32 Å². The van der Waals surface area contributed by atoms with Crippen molar-refractivity contribution in [2.24, 2.45) is 0 Å². The van der Waals surface area contributed by atoms with Crippen LogP contribution in [0.3, 0.4) is 0 Å². The van der Waals surface area contributed by atoms with Gasteiger partial charge in [0, 0.05) is 30.7 Å². The van der Waals surface area contributed by atoms with E-state index in [0.29, 0.717) is 0 Å². The van der Waals surface area contributed by atoms with Crippen molar-refractivity contribution in [3.63, 3.8) is 0 Å². The highest BCUT2D eigenvalue weighted by Gasteiger charge is 2.32. The summed E-state index contributed by atoms with van der Waals surface area (Å²) in [5.74, 6) is -1.84. The maximum atomic E-state index is 14.0. The Hall–Kier alpha value is -3.88. The van der Waals surface area contributed by atoms with Crippen molar-refractivity contribution < 1.29 is 13.6 Å². The van der Waals surface area contributed by atoms with Gasteiger partial charge in [-0.2, -0.15) is 10.2 Å². The van der Waals surface area contributed by atoms with Crippen LogP contribution in [0.4, 0.5) is 8.78 Å². The molecule has 3 heterocycles. The molecule has 0 aliphatic heterocycles. The molecular formula is C23H22F2N6O. The summed E-state index contributed by atoms with van der Waals surface area (Å²) in [5, 5.41) is 11.4. The first-order valence-electron chi connectivity index (χ1n) is 10.0. The third-order valence-corrected chi connectivity index (χ3v) is 5.25. The lowest BCUT2D eigenvalue weighted by Gasteiger charge is -2.30. The van der Waals surface area contributed by atoms with Crippen LogP contribution in [0.1, 0.15) is 34.2 Å². The van der Waals surface area contributed by atoms with Crippen LogP contribution >= 0.6 is 0 Å². The van der Waals surface area contributed by atoms with Crippen molar-refractivity contribution in [1.82, 2.24) is 29.9 Å². The van der Waals surface area contributed by atoms with Gasteiger partial charge in [-0.3, -0.25) is 14.5 Å². The molecule has 0 fully saturated rings. The normalized spacial score (nSPS) is 13.0. The molecule has 4 rings (SSSR count). The number of pyridine rings is 1. The van der Waals surface area contributed by atoms with Crippen molar-refractivity contribution in [2.45, 2.75) is 26.3 Å². The molecule has 0 aliphatic rings. The monoisotopic (exact) mass is 436 g/mol. The second-order valence-electron chi connectivity index (χ2n) is 7.85. The van der Waals surface area contributed by atoms with Gasteiger partial charge in [0.05, 0.1) is 23.7 Å². The van der Waals surface area contributed by atoms with Crippen LogP contribution in [-0.4, -0.2) is 37.0 Å². The van der Waals surface area contributed by atoms with Gasteiger partial charge in [-0.1, -0.05) is 6.07 Å². The number of hydrogen-bond donors (Lipinski definition) is 1. The number of halogens is 2. The van der Waals surface area contributed by atoms with E-state index in [9.17, 15) is 13.6 Å². The first-order chi connectivity index (χ1) is 15.3. The van der Waals surface area contributed by atoms with E-state index in [2.05, 4.69) is 20.5 Å². The Kier molecular flexibility index (Phi) is 5.56. The number of aryl methyl sites for hydroxylation is 2. The number of nitrogens with zero attached hydrogens (tertiary/aromatic N) is 5. The molecular weight excluding hydrogens is 414 g/mol. The van der Waals surface area contributed by atoms with Crippen LogP contribution in [0, 0.1) is 25.5 Å². The molecule has 7 nitrogen and oxygen atoms in total. The van der Waals surface area contributed by atoms with Crippen LogP contribution in [0.15, 0.2) is 61.2 Å². The van der Waals surface area contributed by atoms with Crippen LogP contribution in [-0.2, 0) is 5.54 Å². The van der Waals surface area contributed by atoms with Gasteiger partial charge in [0.15, 0.2) is 5.82 Å². The highest BCUT2D eigenvalue weighted by molar-refractivity contribution is 5.93. The number of aromatic nitrogens is 5. The third-order valence-electron chi connectivity index (χ3n) is 5.25. The van der Waals surface area contributed by atoms with Gasteiger partial charge in [-0.25, -0.2) is 13.5 Å². The number of rotatable bonds is 6. The minimum absolute atomic E-state index is 0.0475. The quantitative estimate of drug-likeness (QED) is 0.502.